The molecule has 0 aliphatic carbocycles. The molecule has 0 aliphatic rings. The SMILES string of the molecule is COc1ccc(C(=O)Nc2nnc(SCc3ccccc3F)s2)c(OC)c1. The molecule has 9 heteroatoms. The highest BCUT2D eigenvalue weighted by Gasteiger charge is 2.16. The molecule has 1 heterocycles. The van der Waals surface area contributed by atoms with Gasteiger partial charge in [0.25, 0.3) is 5.91 Å². The van der Waals surface area contributed by atoms with Crippen molar-refractivity contribution in [1.29, 1.82) is 0 Å². The highest BCUT2D eigenvalue weighted by molar-refractivity contribution is 8.00. The van der Waals surface area contributed by atoms with Gasteiger partial charge in [0.15, 0.2) is 4.34 Å². The fraction of sp³-hybridized carbons (Fsp3) is 0.167. The number of carbonyl (C=O) groups is 1. The topological polar surface area (TPSA) is 73.3 Å². The normalized spacial score (nSPS) is 10.5. The molecule has 27 heavy (non-hydrogen) atoms. The molecule has 0 atom stereocenters. The minimum Gasteiger partial charge on any atom is -0.497 e. The number of amides is 1. The maximum atomic E-state index is 13.7. The predicted octanol–water partition coefficient (Wildman–Crippen LogP) is 4.24. The highest BCUT2D eigenvalue weighted by Crippen LogP contribution is 2.30. The van der Waals surface area contributed by atoms with Crippen molar-refractivity contribution < 1.29 is 18.7 Å². The van der Waals surface area contributed by atoms with E-state index < -0.39 is 0 Å². The first kappa shape index (κ1) is 19.1. The molecule has 0 fully saturated rings. The van der Waals surface area contributed by atoms with Gasteiger partial charge in [-0.1, -0.05) is 41.3 Å². The number of anilines is 1. The van der Waals surface area contributed by atoms with Gasteiger partial charge < -0.3 is 9.47 Å². The molecule has 0 bridgehead atoms. The molecule has 2 aromatic carbocycles. The van der Waals surface area contributed by atoms with E-state index in [1.165, 1.54) is 43.4 Å². The fourth-order valence-corrected chi connectivity index (χ4v) is 3.96. The first-order valence-corrected chi connectivity index (χ1v) is 9.64. The summed E-state index contributed by atoms with van der Waals surface area (Å²) in [5.74, 6) is 0.796. The minimum atomic E-state index is -0.365. The Bertz CT molecular complexity index is 949. The summed E-state index contributed by atoms with van der Waals surface area (Å²) in [7, 11) is 3.02. The molecule has 1 N–H and O–H groups in total. The van der Waals surface area contributed by atoms with Crippen LogP contribution in [0.4, 0.5) is 9.52 Å². The maximum absolute atomic E-state index is 13.7. The van der Waals surface area contributed by atoms with Crippen LogP contribution in [0.15, 0.2) is 46.8 Å². The zero-order valence-corrected chi connectivity index (χ0v) is 16.2. The van der Waals surface area contributed by atoms with Gasteiger partial charge in [-0.15, -0.1) is 10.2 Å². The monoisotopic (exact) mass is 405 g/mol. The first-order valence-electron chi connectivity index (χ1n) is 7.84. The summed E-state index contributed by atoms with van der Waals surface area (Å²) in [6.07, 6.45) is 0. The van der Waals surface area contributed by atoms with Crippen LogP contribution >= 0.6 is 23.1 Å². The number of nitrogens with one attached hydrogen (secondary N) is 1. The Labute approximate surface area is 163 Å². The Hall–Kier alpha value is -2.65. The fourth-order valence-electron chi connectivity index (χ4n) is 2.22. The second-order valence-electron chi connectivity index (χ2n) is 5.27. The van der Waals surface area contributed by atoms with Crippen molar-refractivity contribution in [3.63, 3.8) is 0 Å². The third-order valence-electron chi connectivity index (χ3n) is 3.59. The summed E-state index contributed by atoms with van der Waals surface area (Å²) in [5, 5.41) is 11.0. The summed E-state index contributed by atoms with van der Waals surface area (Å²) in [6, 6.07) is 11.5. The zero-order valence-electron chi connectivity index (χ0n) is 14.6. The number of hydrogen-bond acceptors (Lipinski definition) is 7. The molecule has 0 aliphatic heterocycles. The predicted molar refractivity (Wildman–Crippen MR) is 103 cm³/mol. The molecule has 1 amide bonds. The lowest BCUT2D eigenvalue weighted by Gasteiger charge is -2.09. The molecule has 0 unspecified atom stereocenters. The van der Waals surface area contributed by atoms with E-state index in [4.69, 9.17) is 9.47 Å². The lowest BCUT2D eigenvalue weighted by Crippen LogP contribution is -2.13. The standard InChI is InChI=1S/C18H16FN3O3S2/c1-24-12-7-8-13(15(9-12)25-2)16(23)20-17-21-22-18(27-17)26-10-11-5-3-4-6-14(11)19/h3-9H,10H2,1-2H3,(H,20,21,23). The maximum Gasteiger partial charge on any atom is 0.261 e. The largest absolute Gasteiger partial charge is 0.497 e. The number of methoxy groups -OCH3 is 2. The highest BCUT2D eigenvalue weighted by atomic mass is 32.2. The van der Waals surface area contributed by atoms with Crippen molar-refractivity contribution in [2.45, 2.75) is 10.1 Å². The quantitative estimate of drug-likeness (QED) is 0.468. The minimum absolute atomic E-state index is 0.255. The third-order valence-corrected chi connectivity index (χ3v) is 5.61. The molecular weight excluding hydrogens is 389 g/mol. The van der Waals surface area contributed by atoms with Gasteiger partial charge in [0, 0.05) is 11.8 Å². The molecule has 0 saturated heterocycles. The van der Waals surface area contributed by atoms with E-state index in [0.29, 0.717) is 37.8 Å². The number of hydrogen-bond donors (Lipinski definition) is 1. The second-order valence-corrected chi connectivity index (χ2v) is 7.47. The second kappa shape index (κ2) is 8.83. The van der Waals surface area contributed by atoms with E-state index in [9.17, 15) is 9.18 Å². The number of thioether (sulfide) groups is 1. The Morgan fingerprint density at radius 2 is 2.00 bits per heavy atom. The van der Waals surface area contributed by atoms with Gasteiger partial charge >= 0.3 is 0 Å². The van der Waals surface area contributed by atoms with Crippen LogP contribution in [-0.2, 0) is 5.75 Å². The van der Waals surface area contributed by atoms with Crippen LogP contribution < -0.4 is 14.8 Å². The van der Waals surface area contributed by atoms with Crippen molar-refractivity contribution in [3.05, 3.63) is 59.4 Å². The molecule has 0 spiro atoms. The number of ether oxygens (including phenoxy) is 2. The van der Waals surface area contributed by atoms with Crippen LogP contribution in [0.2, 0.25) is 0 Å². The first-order chi connectivity index (χ1) is 13.1. The zero-order chi connectivity index (χ0) is 19.2. The molecule has 0 saturated carbocycles. The van der Waals surface area contributed by atoms with Gasteiger partial charge in [0.2, 0.25) is 5.13 Å². The van der Waals surface area contributed by atoms with Crippen molar-refractivity contribution in [2.24, 2.45) is 0 Å². The third kappa shape index (κ3) is 4.75. The van der Waals surface area contributed by atoms with E-state index in [1.54, 1.807) is 36.4 Å². The van der Waals surface area contributed by atoms with E-state index in [1.807, 2.05) is 0 Å². The Morgan fingerprint density at radius 1 is 1.19 bits per heavy atom. The molecule has 6 nitrogen and oxygen atoms in total. The van der Waals surface area contributed by atoms with Crippen molar-refractivity contribution in [2.75, 3.05) is 19.5 Å². The number of aromatic nitrogens is 2. The summed E-state index contributed by atoms with van der Waals surface area (Å²) in [5.41, 5.74) is 0.945. The summed E-state index contributed by atoms with van der Waals surface area (Å²) >= 11 is 2.58. The molecular formula is C18H16FN3O3S2. The van der Waals surface area contributed by atoms with Gasteiger partial charge in [-0.3, -0.25) is 10.1 Å². The van der Waals surface area contributed by atoms with E-state index >= 15 is 0 Å². The summed E-state index contributed by atoms with van der Waals surface area (Å²) in [4.78, 5) is 12.5. The van der Waals surface area contributed by atoms with Crippen LogP contribution in [-0.4, -0.2) is 30.3 Å². The Balaban J connectivity index is 1.65. The van der Waals surface area contributed by atoms with Crippen molar-refractivity contribution in [3.8, 4) is 11.5 Å². The Kier molecular flexibility index (Phi) is 6.25. The number of halogens is 1. The van der Waals surface area contributed by atoms with Crippen LogP contribution in [0.5, 0.6) is 11.5 Å². The van der Waals surface area contributed by atoms with Gasteiger partial charge in [-0.05, 0) is 23.8 Å². The van der Waals surface area contributed by atoms with Gasteiger partial charge in [0.1, 0.15) is 17.3 Å². The average Bonchev–Trinajstić information content (AvgIpc) is 3.14. The van der Waals surface area contributed by atoms with E-state index in [-0.39, 0.29) is 11.7 Å². The van der Waals surface area contributed by atoms with Crippen molar-refractivity contribution in [1.82, 2.24) is 10.2 Å². The van der Waals surface area contributed by atoms with Crippen LogP contribution in [0.3, 0.4) is 0 Å². The molecule has 3 aromatic rings. The Morgan fingerprint density at radius 3 is 2.74 bits per heavy atom. The molecule has 0 radical (unpaired) electrons. The number of carbonyl (C=O) groups excluding carboxylic acids is 1. The molecule has 3 rings (SSSR count). The van der Waals surface area contributed by atoms with E-state index in [2.05, 4.69) is 15.5 Å². The average molecular weight is 405 g/mol. The molecule has 1 aromatic heterocycles. The van der Waals surface area contributed by atoms with Crippen LogP contribution in [0.1, 0.15) is 15.9 Å². The van der Waals surface area contributed by atoms with Crippen LogP contribution in [0.25, 0.3) is 0 Å². The van der Waals surface area contributed by atoms with Gasteiger partial charge in [-0.2, -0.15) is 0 Å². The van der Waals surface area contributed by atoms with Crippen molar-refractivity contribution >= 4 is 34.1 Å². The number of benzene rings is 2. The van der Waals surface area contributed by atoms with Gasteiger partial charge in [-0.25, -0.2) is 4.39 Å². The number of nitrogens with zero attached hydrogens (tertiary/aromatic N) is 2. The van der Waals surface area contributed by atoms with E-state index in [0.717, 1.165) is 0 Å². The lowest BCUT2D eigenvalue weighted by molar-refractivity contribution is 0.102. The lowest BCUT2D eigenvalue weighted by atomic mass is 10.2. The summed E-state index contributed by atoms with van der Waals surface area (Å²) in [6.45, 7) is 0. The summed E-state index contributed by atoms with van der Waals surface area (Å²) < 4.78 is 24.7. The van der Waals surface area contributed by atoms with Gasteiger partial charge in [0.05, 0.1) is 19.8 Å². The van der Waals surface area contributed by atoms with Crippen LogP contribution in [0, 0.1) is 5.82 Å². The smallest absolute Gasteiger partial charge is 0.261 e. The number of rotatable bonds is 7. The molecule has 140 valence electrons.